The van der Waals surface area contributed by atoms with Crippen molar-refractivity contribution in [3.8, 4) is 17.0 Å². The zero-order valence-electron chi connectivity index (χ0n) is 11.0. The van der Waals surface area contributed by atoms with Crippen LogP contribution in [0.1, 0.15) is 16.1 Å². The summed E-state index contributed by atoms with van der Waals surface area (Å²) >= 11 is 0. The molecule has 2 aromatic heterocycles. The summed E-state index contributed by atoms with van der Waals surface area (Å²) in [6, 6.07) is 8.25. The molecule has 0 spiro atoms. The Morgan fingerprint density at radius 2 is 2.10 bits per heavy atom. The molecule has 0 aliphatic heterocycles. The number of fused-ring (bicyclic) bond motifs is 1. The first kappa shape index (κ1) is 12.9. The zero-order valence-corrected chi connectivity index (χ0v) is 11.0. The van der Waals surface area contributed by atoms with Crippen molar-refractivity contribution in [2.24, 2.45) is 0 Å². The van der Waals surface area contributed by atoms with E-state index >= 15 is 0 Å². The van der Waals surface area contributed by atoms with Crippen LogP contribution in [0.3, 0.4) is 0 Å². The molecule has 0 fully saturated rings. The monoisotopic (exact) mass is 285 g/mol. The Morgan fingerprint density at radius 1 is 1.33 bits per heavy atom. The highest BCUT2D eigenvalue weighted by molar-refractivity contribution is 5.87. The molecule has 0 aliphatic rings. The van der Waals surface area contributed by atoms with Gasteiger partial charge in [0.15, 0.2) is 5.69 Å². The summed E-state index contributed by atoms with van der Waals surface area (Å²) < 4.78 is 1.00. The molecule has 7 heteroatoms. The summed E-state index contributed by atoms with van der Waals surface area (Å²) in [6.07, 6.45) is 0. The molecule has 3 N–H and O–H groups in total. The molecule has 21 heavy (non-hydrogen) atoms. The molecule has 106 valence electrons. The molecule has 3 aromatic rings. The fourth-order valence-electron chi connectivity index (χ4n) is 2.18. The van der Waals surface area contributed by atoms with Gasteiger partial charge in [0, 0.05) is 6.07 Å². The molecule has 1 aromatic carbocycles. The van der Waals surface area contributed by atoms with Gasteiger partial charge >= 0.3 is 5.97 Å². The largest absolute Gasteiger partial charge is 0.493 e. The van der Waals surface area contributed by atoms with Crippen molar-refractivity contribution in [3.63, 3.8) is 0 Å². The van der Waals surface area contributed by atoms with Gasteiger partial charge in [0.05, 0.1) is 0 Å². The van der Waals surface area contributed by atoms with E-state index in [0.29, 0.717) is 5.56 Å². The minimum atomic E-state index is -1.24. The third-order valence-corrected chi connectivity index (χ3v) is 3.13. The molecule has 0 bridgehead atoms. The van der Waals surface area contributed by atoms with Crippen LogP contribution in [0, 0.1) is 6.92 Å². The second kappa shape index (κ2) is 4.48. The predicted molar refractivity (Wildman–Crippen MR) is 74.6 cm³/mol. The van der Waals surface area contributed by atoms with Gasteiger partial charge in [0.1, 0.15) is 11.2 Å². The molecule has 7 nitrogen and oxygen atoms in total. The van der Waals surface area contributed by atoms with Crippen molar-refractivity contribution in [2.45, 2.75) is 6.92 Å². The third kappa shape index (κ3) is 2.04. The number of carbonyl (C=O) groups is 1. The van der Waals surface area contributed by atoms with Gasteiger partial charge in [-0.05, 0) is 12.5 Å². The molecule has 0 amide bonds. The van der Waals surface area contributed by atoms with Gasteiger partial charge in [-0.1, -0.05) is 29.8 Å². The number of aromatic amines is 1. The predicted octanol–water partition coefficient (Wildman–Crippen LogP) is 1.40. The number of benzene rings is 1. The van der Waals surface area contributed by atoms with Crippen LogP contribution in [-0.4, -0.2) is 30.8 Å². The first-order valence-corrected chi connectivity index (χ1v) is 6.12. The Bertz CT molecular complexity index is 924. The molecule has 0 saturated carbocycles. The second-order valence-corrected chi connectivity index (χ2v) is 4.65. The number of H-pyrrole nitrogens is 1. The highest BCUT2D eigenvalue weighted by Gasteiger charge is 2.18. The minimum Gasteiger partial charge on any atom is -0.493 e. The summed E-state index contributed by atoms with van der Waals surface area (Å²) in [5.41, 5.74) is 0.850. The average molecular weight is 285 g/mol. The van der Waals surface area contributed by atoms with Crippen LogP contribution in [-0.2, 0) is 0 Å². The normalized spacial score (nSPS) is 10.9. The Hall–Kier alpha value is -3.09. The van der Waals surface area contributed by atoms with E-state index < -0.39 is 17.4 Å². The quantitative estimate of drug-likeness (QED) is 0.659. The topological polar surface area (TPSA) is 108 Å². The number of aromatic hydroxyl groups is 1. The zero-order chi connectivity index (χ0) is 15.1. The number of carboxylic acid groups (broad SMARTS) is 1. The number of nitrogens with zero attached hydrogens (tertiary/aromatic N) is 2. The lowest BCUT2D eigenvalue weighted by Crippen LogP contribution is -2.12. The van der Waals surface area contributed by atoms with Gasteiger partial charge in [0.2, 0.25) is 5.88 Å². The van der Waals surface area contributed by atoms with E-state index in [1.54, 1.807) is 18.2 Å². The van der Waals surface area contributed by atoms with Crippen molar-refractivity contribution in [3.05, 3.63) is 51.9 Å². The standard InChI is InChI=1S/C14H11N3O4/c1-7-3-2-4-8(5-7)11-12(18)15-10-6-9(14(20)21)16-17(10)13(11)19/h2-6,19H,1H3,(H,15,18)(H,20,21). The van der Waals surface area contributed by atoms with E-state index in [2.05, 4.69) is 10.1 Å². The van der Waals surface area contributed by atoms with Gasteiger partial charge in [-0.15, -0.1) is 0 Å². The van der Waals surface area contributed by atoms with Crippen LogP contribution in [0.5, 0.6) is 5.88 Å². The molecule has 0 radical (unpaired) electrons. The average Bonchev–Trinajstić information content (AvgIpc) is 2.83. The van der Waals surface area contributed by atoms with Gasteiger partial charge in [-0.3, -0.25) is 4.79 Å². The summed E-state index contributed by atoms with van der Waals surface area (Å²) in [7, 11) is 0. The first-order valence-electron chi connectivity index (χ1n) is 6.12. The maximum Gasteiger partial charge on any atom is 0.356 e. The van der Waals surface area contributed by atoms with Crippen molar-refractivity contribution in [1.82, 2.24) is 14.6 Å². The van der Waals surface area contributed by atoms with E-state index in [-0.39, 0.29) is 16.9 Å². The van der Waals surface area contributed by atoms with Gasteiger partial charge < -0.3 is 15.2 Å². The van der Waals surface area contributed by atoms with Gasteiger partial charge in [0.25, 0.3) is 5.56 Å². The number of carboxylic acids is 1. The Kier molecular flexibility index (Phi) is 2.76. The van der Waals surface area contributed by atoms with Crippen molar-refractivity contribution < 1.29 is 15.0 Å². The van der Waals surface area contributed by atoms with Crippen LogP contribution < -0.4 is 5.56 Å². The summed E-state index contributed by atoms with van der Waals surface area (Å²) in [4.78, 5) is 25.6. The maximum atomic E-state index is 12.1. The second-order valence-electron chi connectivity index (χ2n) is 4.65. The van der Waals surface area contributed by atoms with E-state index in [1.807, 2.05) is 13.0 Å². The number of aryl methyl sites for hydroxylation is 1. The number of aromatic carboxylic acids is 1. The fraction of sp³-hybridized carbons (Fsp3) is 0.0714. The molecule has 0 unspecified atom stereocenters. The van der Waals surface area contributed by atoms with Crippen LogP contribution in [0.15, 0.2) is 35.1 Å². The number of rotatable bonds is 2. The fourth-order valence-corrected chi connectivity index (χ4v) is 2.18. The maximum absolute atomic E-state index is 12.1. The van der Waals surface area contributed by atoms with Crippen molar-refractivity contribution in [2.75, 3.05) is 0 Å². The lowest BCUT2D eigenvalue weighted by Gasteiger charge is -2.06. The summed E-state index contributed by atoms with van der Waals surface area (Å²) in [5, 5.41) is 22.9. The SMILES string of the molecule is Cc1cccc(-c2c(O)n3nc(C(=O)O)cc3[nH]c2=O)c1. The summed E-state index contributed by atoms with van der Waals surface area (Å²) in [5.74, 6) is -1.64. The van der Waals surface area contributed by atoms with E-state index in [9.17, 15) is 14.7 Å². The third-order valence-electron chi connectivity index (χ3n) is 3.13. The van der Waals surface area contributed by atoms with Gasteiger partial charge in [-0.2, -0.15) is 9.61 Å². The van der Waals surface area contributed by atoms with Crippen LogP contribution in [0.2, 0.25) is 0 Å². The van der Waals surface area contributed by atoms with E-state index in [4.69, 9.17) is 5.11 Å². The highest BCUT2D eigenvalue weighted by Crippen LogP contribution is 2.26. The molecular formula is C14H11N3O4. The molecule has 2 heterocycles. The number of hydrogen-bond donors (Lipinski definition) is 3. The lowest BCUT2D eigenvalue weighted by molar-refractivity contribution is 0.0690. The molecule has 0 atom stereocenters. The number of hydrogen-bond acceptors (Lipinski definition) is 4. The Labute approximate surface area is 118 Å². The molecule has 0 aliphatic carbocycles. The number of aromatic nitrogens is 3. The Morgan fingerprint density at radius 3 is 2.76 bits per heavy atom. The lowest BCUT2D eigenvalue weighted by atomic mass is 10.1. The van der Waals surface area contributed by atoms with Gasteiger partial charge in [-0.25, -0.2) is 4.79 Å². The van der Waals surface area contributed by atoms with E-state index in [0.717, 1.165) is 10.1 Å². The van der Waals surface area contributed by atoms with Crippen LogP contribution in [0.25, 0.3) is 16.8 Å². The molecule has 0 saturated heterocycles. The minimum absolute atomic E-state index is 0.0474. The van der Waals surface area contributed by atoms with Crippen molar-refractivity contribution >= 4 is 11.6 Å². The van der Waals surface area contributed by atoms with E-state index in [1.165, 1.54) is 6.07 Å². The number of nitrogens with one attached hydrogen (secondary N) is 1. The van der Waals surface area contributed by atoms with Crippen LogP contribution in [0.4, 0.5) is 0 Å². The first-order chi connectivity index (χ1) is 9.97. The molecule has 3 rings (SSSR count). The van der Waals surface area contributed by atoms with Crippen LogP contribution >= 0.6 is 0 Å². The smallest absolute Gasteiger partial charge is 0.356 e. The van der Waals surface area contributed by atoms with Crippen molar-refractivity contribution in [1.29, 1.82) is 0 Å². The Balaban J connectivity index is 2.34. The summed E-state index contributed by atoms with van der Waals surface area (Å²) in [6.45, 7) is 1.86. The molecular weight excluding hydrogens is 274 g/mol. The highest BCUT2D eigenvalue weighted by atomic mass is 16.4.